The molecule has 0 radical (unpaired) electrons. The number of ether oxygens (including phenoxy) is 1. The molecule has 1 aliphatic heterocycles. The van der Waals surface area contributed by atoms with Gasteiger partial charge in [0.1, 0.15) is 11.6 Å². The predicted molar refractivity (Wildman–Crippen MR) is 117 cm³/mol. The van der Waals surface area contributed by atoms with E-state index in [1.54, 1.807) is 13.2 Å². The summed E-state index contributed by atoms with van der Waals surface area (Å²) < 4.78 is 19.1. The summed E-state index contributed by atoms with van der Waals surface area (Å²) in [5, 5.41) is 3.32. The molecule has 158 valence electrons. The Labute approximate surface area is 185 Å². The lowest BCUT2D eigenvalue weighted by molar-refractivity contribution is -0.122. The van der Waals surface area contributed by atoms with E-state index in [-0.39, 0.29) is 17.8 Å². The first-order chi connectivity index (χ1) is 15.0. The van der Waals surface area contributed by atoms with E-state index in [2.05, 4.69) is 5.32 Å². The van der Waals surface area contributed by atoms with E-state index in [1.807, 2.05) is 42.5 Å². The van der Waals surface area contributed by atoms with Crippen LogP contribution in [0.1, 0.15) is 33.0 Å². The Morgan fingerprint density at radius 3 is 2.45 bits per heavy atom. The number of carbonyl (C=O) groups is 2. The highest BCUT2D eigenvalue weighted by molar-refractivity contribution is 6.31. The number of nitrogens with one attached hydrogen (secondary N) is 1. The van der Waals surface area contributed by atoms with Gasteiger partial charge in [-0.25, -0.2) is 4.39 Å². The van der Waals surface area contributed by atoms with Gasteiger partial charge in [0.05, 0.1) is 13.2 Å². The number of benzene rings is 3. The van der Waals surface area contributed by atoms with Gasteiger partial charge in [0.15, 0.2) is 5.78 Å². The molecule has 0 saturated carbocycles. The number of amides is 1. The molecule has 4 rings (SSSR count). The van der Waals surface area contributed by atoms with Crippen molar-refractivity contribution in [1.29, 1.82) is 0 Å². The molecule has 2 unspecified atom stereocenters. The lowest BCUT2D eigenvalue weighted by Crippen LogP contribution is -2.42. The minimum Gasteiger partial charge on any atom is -0.497 e. The molecule has 0 aromatic heterocycles. The van der Waals surface area contributed by atoms with E-state index in [9.17, 15) is 14.0 Å². The topological polar surface area (TPSA) is 55.4 Å². The van der Waals surface area contributed by atoms with Crippen molar-refractivity contribution >= 4 is 23.3 Å². The second-order valence-corrected chi connectivity index (χ2v) is 7.97. The number of fused-ring (bicyclic) bond motifs is 1. The van der Waals surface area contributed by atoms with Gasteiger partial charge >= 0.3 is 0 Å². The van der Waals surface area contributed by atoms with Crippen LogP contribution >= 0.6 is 11.6 Å². The second-order valence-electron chi connectivity index (χ2n) is 7.56. The Morgan fingerprint density at radius 1 is 1.00 bits per heavy atom. The molecule has 0 bridgehead atoms. The van der Waals surface area contributed by atoms with Gasteiger partial charge in [0.25, 0.3) is 5.91 Å². The van der Waals surface area contributed by atoms with Gasteiger partial charge in [-0.1, -0.05) is 48.0 Å². The standard InChI is InChI=1S/C25H21ClFNO3/c1-31-18-9-6-15(7-10-18)12-20-19-11-8-17(27)14-21(19)25(30)28-23(24(20)29)13-16-4-2-3-5-22(16)26/h2-11,14,20,23H,12-13H2,1H3,(H,28,30). The summed E-state index contributed by atoms with van der Waals surface area (Å²) >= 11 is 6.29. The number of halogens is 2. The molecule has 1 heterocycles. The highest BCUT2D eigenvalue weighted by Crippen LogP contribution is 2.31. The molecular weight excluding hydrogens is 417 g/mol. The Balaban J connectivity index is 1.72. The molecule has 1 amide bonds. The maximum absolute atomic E-state index is 13.9. The van der Waals surface area contributed by atoms with Crippen LogP contribution in [0.3, 0.4) is 0 Å². The summed E-state index contributed by atoms with van der Waals surface area (Å²) in [5.41, 5.74) is 2.40. The van der Waals surface area contributed by atoms with Crippen molar-refractivity contribution in [1.82, 2.24) is 5.32 Å². The number of methoxy groups -OCH3 is 1. The van der Waals surface area contributed by atoms with Crippen molar-refractivity contribution in [3.05, 3.63) is 99.8 Å². The van der Waals surface area contributed by atoms with Crippen molar-refractivity contribution in [2.24, 2.45) is 0 Å². The third-order valence-corrected chi connectivity index (χ3v) is 5.98. The van der Waals surface area contributed by atoms with Gasteiger partial charge in [-0.2, -0.15) is 0 Å². The van der Waals surface area contributed by atoms with Crippen molar-refractivity contribution in [3.63, 3.8) is 0 Å². The zero-order valence-corrected chi connectivity index (χ0v) is 17.7. The van der Waals surface area contributed by atoms with Crippen LogP contribution in [0.5, 0.6) is 5.75 Å². The summed E-state index contributed by atoms with van der Waals surface area (Å²) in [4.78, 5) is 26.5. The highest BCUT2D eigenvalue weighted by Gasteiger charge is 2.36. The molecule has 31 heavy (non-hydrogen) atoms. The summed E-state index contributed by atoms with van der Waals surface area (Å²) in [7, 11) is 1.59. The monoisotopic (exact) mass is 437 g/mol. The van der Waals surface area contributed by atoms with Crippen LogP contribution in [0, 0.1) is 5.82 Å². The van der Waals surface area contributed by atoms with Crippen LogP contribution in [0.25, 0.3) is 0 Å². The van der Waals surface area contributed by atoms with E-state index in [1.165, 1.54) is 18.2 Å². The van der Waals surface area contributed by atoms with Crippen molar-refractivity contribution in [2.45, 2.75) is 24.8 Å². The van der Waals surface area contributed by atoms with E-state index >= 15 is 0 Å². The highest BCUT2D eigenvalue weighted by atomic mass is 35.5. The number of hydrogen-bond donors (Lipinski definition) is 1. The van der Waals surface area contributed by atoms with Gasteiger partial charge in [-0.3, -0.25) is 9.59 Å². The molecule has 6 heteroatoms. The summed E-state index contributed by atoms with van der Waals surface area (Å²) in [6.07, 6.45) is 0.648. The van der Waals surface area contributed by atoms with Gasteiger partial charge in [-0.05, 0) is 53.4 Å². The second kappa shape index (κ2) is 8.90. The third kappa shape index (κ3) is 4.47. The molecule has 3 aromatic rings. The number of carbonyl (C=O) groups excluding carboxylic acids is 2. The van der Waals surface area contributed by atoms with Crippen LogP contribution in [0.4, 0.5) is 4.39 Å². The van der Waals surface area contributed by atoms with E-state index in [0.29, 0.717) is 22.8 Å². The number of ketones is 1. The van der Waals surface area contributed by atoms with E-state index < -0.39 is 23.7 Å². The largest absolute Gasteiger partial charge is 0.497 e. The molecule has 4 nitrogen and oxygen atoms in total. The average molecular weight is 438 g/mol. The molecular formula is C25H21ClFNO3. The number of rotatable bonds is 5. The summed E-state index contributed by atoms with van der Waals surface area (Å²) in [6, 6.07) is 17.9. The van der Waals surface area contributed by atoms with Gasteiger partial charge in [-0.15, -0.1) is 0 Å². The fraction of sp³-hybridized carbons (Fsp3) is 0.200. The lowest BCUT2D eigenvalue weighted by Gasteiger charge is -2.21. The van der Waals surface area contributed by atoms with Crippen molar-refractivity contribution in [2.75, 3.05) is 7.11 Å². The Hall–Kier alpha value is -3.18. The normalized spacial score (nSPS) is 18.2. The van der Waals surface area contributed by atoms with Crippen LogP contribution < -0.4 is 10.1 Å². The first-order valence-corrected chi connectivity index (χ1v) is 10.3. The molecule has 0 fully saturated rings. The molecule has 0 aliphatic carbocycles. The molecule has 1 N–H and O–H groups in total. The van der Waals surface area contributed by atoms with Crippen LogP contribution in [0.2, 0.25) is 5.02 Å². The number of hydrogen-bond acceptors (Lipinski definition) is 3. The third-order valence-electron chi connectivity index (χ3n) is 5.61. The fourth-order valence-corrected chi connectivity index (χ4v) is 4.19. The van der Waals surface area contributed by atoms with Gasteiger partial charge in [0, 0.05) is 22.9 Å². The molecule has 1 aliphatic rings. The van der Waals surface area contributed by atoms with E-state index in [0.717, 1.165) is 11.1 Å². The van der Waals surface area contributed by atoms with Gasteiger partial charge in [0.2, 0.25) is 0 Å². The first-order valence-electron chi connectivity index (χ1n) is 9.96. The van der Waals surface area contributed by atoms with Crippen molar-refractivity contribution in [3.8, 4) is 5.75 Å². The zero-order chi connectivity index (χ0) is 22.0. The zero-order valence-electron chi connectivity index (χ0n) is 16.9. The maximum atomic E-state index is 13.9. The molecule has 0 spiro atoms. The molecule has 2 atom stereocenters. The Kier molecular flexibility index (Phi) is 6.05. The minimum absolute atomic E-state index is 0.130. The SMILES string of the molecule is COc1ccc(CC2C(=O)C(Cc3ccccc3Cl)NC(=O)c3cc(F)ccc32)cc1. The molecule has 3 aromatic carbocycles. The smallest absolute Gasteiger partial charge is 0.252 e. The summed E-state index contributed by atoms with van der Waals surface area (Å²) in [6.45, 7) is 0. The summed E-state index contributed by atoms with van der Waals surface area (Å²) in [5.74, 6) is -0.997. The first kappa shape index (κ1) is 21.1. The van der Waals surface area contributed by atoms with Gasteiger partial charge < -0.3 is 10.1 Å². The van der Waals surface area contributed by atoms with Crippen molar-refractivity contribution < 1.29 is 18.7 Å². The molecule has 0 saturated heterocycles. The average Bonchev–Trinajstić information content (AvgIpc) is 2.86. The van der Waals surface area contributed by atoms with Crippen LogP contribution in [-0.4, -0.2) is 24.8 Å². The Bertz CT molecular complexity index is 1130. The Morgan fingerprint density at radius 2 is 1.74 bits per heavy atom. The maximum Gasteiger partial charge on any atom is 0.252 e. The van der Waals surface area contributed by atoms with Crippen LogP contribution in [0.15, 0.2) is 66.7 Å². The van der Waals surface area contributed by atoms with Crippen LogP contribution in [-0.2, 0) is 17.6 Å². The number of Topliss-reactive ketones (excluding diaryl/α,β-unsaturated/α-hetero) is 1. The van der Waals surface area contributed by atoms with E-state index in [4.69, 9.17) is 16.3 Å². The fourth-order valence-electron chi connectivity index (χ4n) is 3.98. The minimum atomic E-state index is -0.772. The lowest BCUT2D eigenvalue weighted by atomic mass is 9.83. The quantitative estimate of drug-likeness (QED) is 0.627. The predicted octanol–water partition coefficient (Wildman–Crippen LogP) is 4.74.